The first-order valence-electron chi connectivity index (χ1n) is 3.05. The van der Waals surface area contributed by atoms with E-state index in [0.717, 1.165) is 0 Å². The SMILES string of the molecule is O=c1[nH]c2c(Cl)cccc2o1. The summed E-state index contributed by atoms with van der Waals surface area (Å²) in [4.78, 5) is 13.1. The molecule has 0 bridgehead atoms. The largest absolute Gasteiger partial charge is 0.417 e. The van der Waals surface area contributed by atoms with Crippen LogP contribution in [0.2, 0.25) is 5.02 Å². The monoisotopic (exact) mass is 169 g/mol. The lowest BCUT2D eigenvalue weighted by Crippen LogP contribution is -1.93. The fourth-order valence-corrected chi connectivity index (χ4v) is 1.15. The fourth-order valence-electron chi connectivity index (χ4n) is 0.938. The van der Waals surface area contributed by atoms with Crippen LogP contribution >= 0.6 is 11.6 Å². The lowest BCUT2D eigenvalue weighted by atomic mass is 10.3. The molecule has 1 N–H and O–H groups in total. The number of rotatable bonds is 0. The van der Waals surface area contributed by atoms with Gasteiger partial charge in [-0.15, -0.1) is 0 Å². The molecule has 11 heavy (non-hydrogen) atoms. The Labute approximate surface area is 66.6 Å². The molecule has 1 heterocycles. The zero-order valence-electron chi connectivity index (χ0n) is 5.43. The molecule has 56 valence electrons. The van der Waals surface area contributed by atoms with Crippen LogP contribution in [0.25, 0.3) is 11.1 Å². The van der Waals surface area contributed by atoms with Gasteiger partial charge in [-0.2, -0.15) is 0 Å². The number of fused-ring (bicyclic) bond motifs is 1. The first-order valence-corrected chi connectivity index (χ1v) is 3.42. The predicted molar refractivity (Wildman–Crippen MR) is 41.8 cm³/mol. The van der Waals surface area contributed by atoms with Crippen molar-refractivity contribution in [2.75, 3.05) is 0 Å². The van der Waals surface area contributed by atoms with E-state index in [2.05, 4.69) is 4.98 Å². The molecule has 2 rings (SSSR count). The van der Waals surface area contributed by atoms with Crippen molar-refractivity contribution in [3.05, 3.63) is 33.8 Å². The number of aromatic amines is 1. The molecule has 0 amide bonds. The lowest BCUT2D eigenvalue weighted by Gasteiger charge is -1.87. The number of aromatic nitrogens is 1. The molecule has 0 aliphatic rings. The first kappa shape index (κ1) is 6.49. The minimum absolute atomic E-state index is 0.479. The van der Waals surface area contributed by atoms with Gasteiger partial charge in [0.1, 0.15) is 5.52 Å². The highest BCUT2D eigenvalue weighted by atomic mass is 35.5. The number of nitrogens with one attached hydrogen (secondary N) is 1. The van der Waals surface area contributed by atoms with Gasteiger partial charge in [-0.25, -0.2) is 4.79 Å². The summed E-state index contributed by atoms with van der Waals surface area (Å²) in [5.41, 5.74) is 1.04. The topological polar surface area (TPSA) is 46.0 Å². The van der Waals surface area contributed by atoms with Gasteiger partial charge in [0.15, 0.2) is 5.58 Å². The number of halogens is 1. The van der Waals surface area contributed by atoms with Crippen LogP contribution in [-0.2, 0) is 0 Å². The molecular formula is C7H4ClNO2. The van der Waals surface area contributed by atoms with E-state index in [4.69, 9.17) is 16.0 Å². The van der Waals surface area contributed by atoms with Crippen LogP contribution in [0.5, 0.6) is 0 Å². The van der Waals surface area contributed by atoms with E-state index in [1.165, 1.54) is 0 Å². The number of benzene rings is 1. The minimum atomic E-state index is -0.479. The van der Waals surface area contributed by atoms with Gasteiger partial charge in [0, 0.05) is 0 Å². The zero-order valence-corrected chi connectivity index (χ0v) is 6.18. The van der Waals surface area contributed by atoms with Crippen LogP contribution < -0.4 is 5.76 Å². The Morgan fingerprint density at radius 3 is 3.00 bits per heavy atom. The number of oxazole rings is 1. The molecular weight excluding hydrogens is 166 g/mol. The molecule has 1 aromatic heterocycles. The Morgan fingerprint density at radius 1 is 1.45 bits per heavy atom. The third-order valence-electron chi connectivity index (χ3n) is 1.41. The van der Waals surface area contributed by atoms with Crippen molar-refractivity contribution in [2.24, 2.45) is 0 Å². The highest BCUT2D eigenvalue weighted by Crippen LogP contribution is 2.18. The quantitative estimate of drug-likeness (QED) is 0.654. The standard InChI is InChI=1S/C7H4ClNO2/c8-4-2-1-3-5-6(4)9-7(10)11-5/h1-3H,(H,9,10). The summed E-state index contributed by atoms with van der Waals surface area (Å²) in [7, 11) is 0. The summed E-state index contributed by atoms with van der Waals surface area (Å²) in [6, 6.07) is 5.09. The summed E-state index contributed by atoms with van der Waals surface area (Å²) >= 11 is 5.74. The average Bonchev–Trinajstić information content (AvgIpc) is 2.31. The van der Waals surface area contributed by atoms with E-state index >= 15 is 0 Å². The molecule has 3 nitrogen and oxygen atoms in total. The Balaban J connectivity index is 3.01. The minimum Gasteiger partial charge on any atom is -0.408 e. The maximum absolute atomic E-state index is 10.7. The van der Waals surface area contributed by atoms with E-state index in [-0.39, 0.29) is 0 Å². The normalized spacial score (nSPS) is 10.6. The Kier molecular flexibility index (Phi) is 1.26. The van der Waals surface area contributed by atoms with Gasteiger partial charge in [0.25, 0.3) is 0 Å². The van der Waals surface area contributed by atoms with Crippen molar-refractivity contribution in [3.8, 4) is 0 Å². The van der Waals surface area contributed by atoms with Crippen LogP contribution in [0.3, 0.4) is 0 Å². The second-order valence-electron chi connectivity index (χ2n) is 2.13. The van der Waals surface area contributed by atoms with Crippen molar-refractivity contribution in [1.29, 1.82) is 0 Å². The molecule has 1 aromatic carbocycles. The molecule has 0 saturated carbocycles. The van der Waals surface area contributed by atoms with E-state index in [1.54, 1.807) is 18.2 Å². The van der Waals surface area contributed by atoms with Crippen LogP contribution in [0.15, 0.2) is 27.4 Å². The summed E-state index contributed by atoms with van der Waals surface area (Å²) in [6.45, 7) is 0. The van der Waals surface area contributed by atoms with Gasteiger partial charge in [-0.3, -0.25) is 4.98 Å². The Hall–Kier alpha value is -1.22. The Bertz CT molecular complexity index is 443. The van der Waals surface area contributed by atoms with E-state index in [1.807, 2.05) is 0 Å². The predicted octanol–water partition coefficient (Wildman–Crippen LogP) is 1.77. The summed E-state index contributed by atoms with van der Waals surface area (Å²) in [5, 5.41) is 0.494. The number of H-pyrrole nitrogens is 1. The highest BCUT2D eigenvalue weighted by Gasteiger charge is 2.02. The van der Waals surface area contributed by atoms with E-state index in [9.17, 15) is 4.79 Å². The molecule has 0 radical (unpaired) electrons. The number of para-hydroxylation sites is 1. The fraction of sp³-hybridized carbons (Fsp3) is 0. The molecule has 0 saturated heterocycles. The number of hydrogen-bond donors (Lipinski definition) is 1. The lowest BCUT2D eigenvalue weighted by molar-refractivity contribution is 0.555. The molecule has 2 aromatic rings. The Morgan fingerprint density at radius 2 is 2.27 bits per heavy atom. The van der Waals surface area contributed by atoms with Gasteiger partial charge >= 0.3 is 5.76 Å². The third-order valence-corrected chi connectivity index (χ3v) is 1.72. The molecule has 0 fully saturated rings. The van der Waals surface area contributed by atoms with Crippen molar-refractivity contribution >= 4 is 22.7 Å². The van der Waals surface area contributed by atoms with Gasteiger partial charge in [-0.1, -0.05) is 17.7 Å². The molecule has 0 aliphatic heterocycles. The summed E-state index contributed by atoms with van der Waals surface area (Å²) < 4.78 is 4.75. The molecule has 4 heteroatoms. The second-order valence-corrected chi connectivity index (χ2v) is 2.53. The molecule has 0 spiro atoms. The van der Waals surface area contributed by atoms with Crippen molar-refractivity contribution < 1.29 is 4.42 Å². The summed E-state index contributed by atoms with van der Waals surface area (Å²) in [5.74, 6) is -0.479. The second kappa shape index (κ2) is 2.13. The highest BCUT2D eigenvalue weighted by molar-refractivity contribution is 6.34. The van der Waals surface area contributed by atoms with Crippen molar-refractivity contribution in [3.63, 3.8) is 0 Å². The van der Waals surface area contributed by atoms with Crippen molar-refractivity contribution in [1.82, 2.24) is 4.98 Å². The third kappa shape index (κ3) is 0.935. The van der Waals surface area contributed by atoms with E-state index in [0.29, 0.717) is 16.1 Å². The van der Waals surface area contributed by atoms with E-state index < -0.39 is 5.76 Å². The molecule has 0 unspecified atom stereocenters. The smallest absolute Gasteiger partial charge is 0.408 e. The number of hydrogen-bond acceptors (Lipinski definition) is 2. The van der Waals surface area contributed by atoms with Crippen LogP contribution in [-0.4, -0.2) is 4.98 Å². The van der Waals surface area contributed by atoms with Crippen LogP contribution in [0.4, 0.5) is 0 Å². The average molecular weight is 170 g/mol. The van der Waals surface area contributed by atoms with Gasteiger partial charge in [-0.05, 0) is 12.1 Å². The summed E-state index contributed by atoms with van der Waals surface area (Å²) in [6.07, 6.45) is 0. The zero-order chi connectivity index (χ0) is 7.84. The van der Waals surface area contributed by atoms with Gasteiger partial charge in [0.05, 0.1) is 5.02 Å². The molecule has 0 atom stereocenters. The van der Waals surface area contributed by atoms with Gasteiger partial charge < -0.3 is 4.42 Å². The first-order chi connectivity index (χ1) is 5.27. The maximum Gasteiger partial charge on any atom is 0.417 e. The molecule has 0 aliphatic carbocycles. The van der Waals surface area contributed by atoms with Crippen molar-refractivity contribution in [2.45, 2.75) is 0 Å². The van der Waals surface area contributed by atoms with Crippen LogP contribution in [0.1, 0.15) is 0 Å². The van der Waals surface area contributed by atoms with Gasteiger partial charge in [0.2, 0.25) is 0 Å². The maximum atomic E-state index is 10.7. The van der Waals surface area contributed by atoms with Crippen LogP contribution in [0, 0.1) is 0 Å².